The molecule has 0 saturated heterocycles. The Labute approximate surface area is 178 Å². The molecule has 1 aromatic heterocycles. The molecule has 2 saturated carbocycles. The normalized spacial score (nSPS) is 29.6. The van der Waals surface area contributed by atoms with E-state index < -0.39 is 5.82 Å². The number of anilines is 4. The van der Waals surface area contributed by atoms with Gasteiger partial charge in [-0.15, -0.1) is 0 Å². The Balaban J connectivity index is 1.50. The second-order valence-electron chi connectivity index (χ2n) is 8.53. The van der Waals surface area contributed by atoms with E-state index in [2.05, 4.69) is 31.2 Å². The summed E-state index contributed by atoms with van der Waals surface area (Å²) >= 11 is 0. The molecule has 1 aliphatic heterocycles. The van der Waals surface area contributed by atoms with Crippen LogP contribution in [0, 0.1) is 29.5 Å². The number of amides is 2. The van der Waals surface area contributed by atoms with Crippen LogP contribution in [0.5, 0.6) is 0 Å². The van der Waals surface area contributed by atoms with Gasteiger partial charge in [-0.25, -0.2) is 9.37 Å². The van der Waals surface area contributed by atoms with Gasteiger partial charge in [0.2, 0.25) is 17.8 Å². The molecule has 2 fully saturated rings. The molecule has 2 heterocycles. The van der Waals surface area contributed by atoms with Crippen molar-refractivity contribution >= 4 is 35.0 Å². The quantitative estimate of drug-likeness (QED) is 0.467. The van der Waals surface area contributed by atoms with E-state index in [-0.39, 0.29) is 59.8 Å². The number of aromatic nitrogens is 2. The first-order chi connectivity index (χ1) is 15.0. The van der Waals surface area contributed by atoms with Gasteiger partial charge in [0.1, 0.15) is 0 Å². The van der Waals surface area contributed by atoms with Crippen LogP contribution in [0.25, 0.3) is 0 Å². The van der Waals surface area contributed by atoms with Gasteiger partial charge in [0, 0.05) is 17.4 Å². The Kier molecular flexibility index (Phi) is 4.93. The van der Waals surface area contributed by atoms with Crippen LogP contribution in [0.2, 0.25) is 0 Å². The van der Waals surface area contributed by atoms with E-state index in [9.17, 15) is 14.0 Å². The van der Waals surface area contributed by atoms with Gasteiger partial charge < -0.3 is 27.0 Å². The zero-order valence-corrected chi connectivity index (χ0v) is 16.8. The third kappa shape index (κ3) is 3.78. The summed E-state index contributed by atoms with van der Waals surface area (Å²) in [5.74, 6) is -0.719. The Morgan fingerprint density at radius 2 is 1.97 bits per heavy atom. The van der Waals surface area contributed by atoms with E-state index >= 15 is 0 Å². The number of carbonyl (C=O) groups excluding carboxylic acids is 2. The lowest BCUT2D eigenvalue weighted by Crippen LogP contribution is -2.47. The minimum atomic E-state index is -0.589. The Morgan fingerprint density at radius 3 is 2.77 bits per heavy atom. The summed E-state index contributed by atoms with van der Waals surface area (Å²) in [6.07, 6.45) is 2.79. The molecule has 2 amide bonds. The molecule has 2 aromatic rings. The number of fused-ring (bicyclic) bond motifs is 5. The number of rotatable bonds is 1. The van der Waals surface area contributed by atoms with Crippen LogP contribution in [0.1, 0.15) is 12.8 Å². The van der Waals surface area contributed by atoms with Gasteiger partial charge >= 0.3 is 0 Å². The van der Waals surface area contributed by atoms with Crippen LogP contribution in [0.3, 0.4) is 0 Å². The van der Waals surface area contributed by atoms with Crippen LogP contribution in [-0.4, -0.2) is 40.9 Å². The minimum Gasteiger partial charge on any atom is -0.369 e. The number of hydrogen-bond acceptors (Lipinski definition) is 7. The van der Waals surface area contributed by atoms with E-state index in [0.29, 0.717) is 17.9 Å². The summed E-state index contributed by atoms with van der Waals surface area (Å²) in [6.45, 7) is 0.816. The lowest BCUT2D eigenvalue weighted by Gasteiger charge is -2.35. The summed E-state index contributed by atoms with van der Waals surface area (Å²) in [5.41, 5.74) is 6.98. The first kappa shape index (κ1) is 19.7. The molecule has 5 rings (SSSR count). The second-order valence-corrected chi connectivity index (χ2v) is 8.53. The molecular weight excluding hydrogens is 401 g/mol. The lowest BCUT2D eigenvalue weighted by atomic mass is 9.77. The molecule has 0 spiro atoms. The van der Waals surface area contributed by atoms with Gasteiger partial charge in [0.25, 0.3) is 0 Å². The first-order valence-corrected chi connectivity index (χ1v) is 10.4. The molecule has 5 atom stereocenters. The average Bonchev–Trinajstić information content (AvgIpc) is 3.28. The van der Waals surface area contributed by atoms with Crippen molar-refractivity contribution in [3.8, 4) is 0 Å². The van der Waals surface area contributed by atoms with E-state index in [1.165, 1.54) is 0 Å². The lowest BCUT2D eigenvalue weighted by molar-refractivity contribution is -0.123. The van der Waals surface area contributed by atoms with Crippen molar-refractivity contribution in [3.63, 3.8) is 0 Å². The highest BCUT2D eigenvalue weighted by Crippen LogP contribution is 2.52. The van der Waals surface area contributed by atoms with E-state index in [4.69, 9.17) is 5.73 Å². The largest absolute Gasteiger partial charge is 0.369 e. The SMILES string of the molecule is NC(=O)[C@H]1C2C[C@H]3CNCC(=O)Nc4cccc(c4)Nc4ncc(F)c(n4)N[C@@H]1[C@@H]3C2. The number of hydrogen-bond donors (Lipinski definition) is 5. The molecule has 6 N–H and O–H groups in total. The van der Waals surface area contributed by atoms with Gasteiger partial charge in [-0.05, 0) is 55.3 Å². The van der Waals surface area contributed by atoms with Crippen molar-refractivity contribution in [1.29, 1.82) is 0 Å². The van der Waals surface area contributed by atoms with E-state index in [1.54, 1.807) is 24.3 Å². The Morgan fingerprint density at radius 1 is 1.16 bits per heavy atom. The van der Waals surface area contributed by atoms with Crippen molar-refractivity contribution in [3.05, 3.63) is 36.3 Å². The predicted octanol–water partition coefficient (Wildman–Crippen LogP) is 1.44. The Hall–Kier alpha value is -3.27. The predicted molar refractivity (Wildman–Crippen MR) is 113 cm³/mol. The number of nitrogens with one attached hydrogen (secondary N) is 4. The smallest absolute Gasteiger partial charge is 0.238 e. The third-order valence-corrected chi connectivity index (χ3v) is 6.61. The van der Waals surface area contributed by atoms with Crippen LogP contribution >= 0.6 is 0 Å². The summed E-state index contributed by atoms with van der Waals surface area (Å²) < 4.78 is 14.6. The van der Waals surface area contributed by atoms with Crippen molar-refractivity contribution in [2.75, 3.05) is 29.0 Å². The van der Waals surface area contributed by atoms with Crippen LogP contribution < -0.4 is 27.0 Å². The monoisotopic (exact) mass is 425 g/mol. The van der Waals surface area contributed by atoms with Crippen LogP contribution in [0.15, 0.2) is 30.5 Å². The van der Waals surface area contributed by atoms with Crippen molar-refractivity contribution in [2.24, 2.45) is 29.4 Å². The maximum Gasteiger partial charge on any atom is 0.238 e. The minimum absolute atomic E-state index is 0.0459. The maximum absolute atomic E-state index is 14.6. The van der Waals surface area contributed by atoms with Gasteiger partial charge in [0.05, 0.1) is 18.7 Å². The highest BCUT2D eigenvalue weighted by molar-refractivity contribution is 5.92. The second kappa shape index (κ2) is 7.77. The molecule has 6 bridgehead atoms. The standard InChI is InChI=1S/C21H24FN7O2/c22-15-8-25-21-27-13-3-1-2-12(6-13)26-16(30)9-24-7-11-4-10-5-14(11)18(17(10)19(23)31)28-20(15)29-21/h1-3,6,8,10-11,14,17-18,24H,4-5,7,9H2,(H2,23,31)(H,26,30)(H2,25,27,28,29)/t10?,11-,14+,17-,18+/m0/s1. The highest BCUT2D eigenvalue weighted by Gasteiger charge is 2.54. The number of benzene rings is 1. The maximum atomic E-state index is 14.6. The summed E-state index contributed by atoms with van der Waals surface area (Å²) in [7, 11) is 0. The molecule has 1 unspecified atom stereocenters. The fraction of sp³-hybridized carbons (Fsp3) is 0.429. The highest BCUT2D eigenvalue weighted by atomic mass is 19.1. The fourth-order valence-electron chi connectivity index (χ4n) is 5.40. The molecular formula is C21H24FN7O2. The van der Waals surface area contributed by atoms with Crippen molar-refractivity contribution < 1.29 is 14.0 Å². The van der Waals surface area contributed by atoms with Gasteiger partial charge in [-0.2, -0.15) is 4.98 Å². The molecule has 9 nitrogen and oxygen atoms in total. The summed E-state index contributed by atoms with van der Waals surface area (Å²) in [6, 6.07) is 6.79. The third-order valence-electron chi connectivity index (χ3n) is 6.61. The average molecular weight is 425 g/mol. The number of halogens is 1. The fourth-order valence-corrected chi connectivity index (χ4v) is 5.40. The van der Waals surface area contributed by atoms with Crippen molar-refractivity contribution in [1.82, 2.24) is 15.3 Å². The van der Waals surface area contributed by atoms with Gasteiger partial charge in [-0.1, -0.05) is 6.07 Å². The van der Waals surface area contributed by atoms with E-state index in [1.807, 2.05) is 0 Å². The first-order valence-electron chi connectivity index (χ1n) is 10.4. The van der Waals surface area contributed by atoms with Gasteiger partial charge in [-0.3, -0.25) is 9.59 Å². The van der Waals surface area contributed by atoms with Gasteiger partial charge in [0.15, 0.2) is 11.6 Å². The van der Waals surface area contributed by atoms with Crippen LogP contribution in [0.4, 0.5) is 27.5 Å². The number of carbonyl (C=O) groups is 2. The molecule has 162 valence electrons. The zero-order valence-electron chi connectivity index (χ0n) is 16.8. The number of primary amides is 1. The molecule has 0 radical (unpaired) electrons. The summed E-state index contributed by atoms with van der Waals surface area (Å²) in [4.78, 5) is 32.8. The number of nitrogens with zero attached hydrogens (tertiary/aromatic N) is 2. The van der Waals surface area contributed by atoms with E-state index in [0.717, 1.165) is 19.0 Å². The van der Waals surface area contributed by atoms with Crippen molar-refractivity contribution in [2.45, 2.75) is 18.9 Å². The zero-order chi connectivity index (χ0) is 21.5. The van der Waals surface area contributed by atoms with Crippen LogP contribution in [-0.2, 0) is 9.59 Å². The Bertz CT molecular complexity index is 1030. The molecule has 3 aliphatic rings. The molecule has 10 heteroatoms. The summed E-state index contributed by atoms with van der Waals surface area (Å²) in [5, 5.41) is 12.3. The number of nitrogens with two attached hydrogens (primary N) is 1. The molecule has 31 heavy (non-hydrogen) atoms. The molecule has 2 aliphatic carbocycles. The molecule has 1 aromatic carbocycles. The topological polar surface area (TPSA) is 134 Å².